The Morgan fingerprint density at radius 2 is 2.09 bits per heavy atom. The molecule has 0 radical (unpaired) electrons. The van der Waals surface area contributed by atoms with Crippen LogP contribution in [0.5, 0.6) is 5.75 Å². The molecule has 22 heavy (non-hydrogen) atoms. The highest BCUT2D eigenvalue weighted by Gasteiger charge is 2.16. The summed E-state index contributed by atoms with van der Waals surface area (Å²) in [6.45, 7) is 5.25. The summed E-state index contributed by atoms with van der Waals surface area (Å²) in [5.74, 6) is 0.756. The molecule has 1 unspecified atom stereocenters. The third kappa shape index (κ3) is 5.20. The van der Waals surface area contributed by atoms with E-state index in [0.29, 0.717) is 12.6 Å². The molecular weight excluding hydrogens is 281 g/mol. The Hall–Kier alpha value is -1.78. The number of rotatable bonds is 6. The maximum absolute atomic E-state index is 13.6. The molecule has 1 aliphatic rings. The van der Waals surface area contributed by atoms with Crippen molar-refractivity contribution in [2.24, 2.45) is 4.99 Å². The first-order valence-electron chi connectivity index (χ1n) is 8.15. The number of nitrogens with one attached hydrogen (secondary N) is 2. The summed E-state index contributed by atoms with van der Waals surface area (Å²) in [4.78, 5) is 4.55. The van der Waals surface area contributed by atoms with Crippen LogP contribution in [0.25, 0.3) is 0 Å². The number of para-hydroxylation sites is 1. The van der Waals surface area contributed by atoms with E-state index in [4.69, 9.17) is 4.74 Å². The van der Waals surface area contributed by atoms with Crippen molar-refractivity contribution in [1.29, 1.82) is 0 Å². The van der Waals surface area contributed by atoms with E-state index in [2.05, 4.69) is 15.6 Å². The Morgan fingerprint density at radius 3 is 2.77 bits per heavy atom. The van der Waals surface area contributed by atoms with Gasteiger partial charge in [-0.1, -0.05) is 25.0 Å². The monoisotopic (exact) mass is 307 g/mol. The van der Waals surface area contributed by atoms with Gasteiger partial charge < -0.3 is 15.4 Å². The van der Waals surface area contributed by atoms with Crippen LogP contribution in [0.15, 0.2) is 29.3 Å². The van der Waals surface area contributed by atoms with Gasteiger partial charge in [-0.2, -0.15) is 0 Å². The lowest BCUT2D eigenvalue weighted by atomic mass is 10.2. The van der Waals surface area contributed by atoms with Crippen LogP contribution in [0.2, 0.25) is 0 Å². The number of nitrogens with zero attached hydrogens (tertiary/aromatic N) is 1. The predicted molar refractivity (Wildman–Crippen MR) is 87.9 cm³/mol. The van der Waals surface area contributed by atoms with Crippen molar-refractivity contribution in [3.8, 4) is 5.75 Å². The van der Waals surface area contributed by atoms with Gasteiger partial charge in [0.1, 0.15) is 6.10 Å². The highest BCUT2D eigenvalue weighted by Crippen LogP contribution is 2.18. The van der Waals surface area contributed by atoms with Crippen molar-refractivity contribution >= 4 is 5.96 Å². The van der Waals surface area contributed by atoms with Gasteiger partial charge in [-0.15, -0.1) is 0 Å². The summed E-state index contributed by atoms with van der Waals surface area (Å²) in [6.07, 6.45) is 4.78. The molecule has 5 heteroatoms. The first-order chi connectivity index (χ1) is 10.7. The first kappa shape index (κ1) is 16.6. The number of halogens is 1. The van der Waals surface area contributed by atoms with Gasteiger partial charge in [0.05, 0.1) is 6.54 Å². The van der Waals surface area contributed by atoms with E-state index < -0.39 is 0 Å². The van der Waals surface area contributed by atoms with Crippen LogP contribution in [-0.4, -0.2) is 31.2 Å². The number of ether oxygens (including phenoxy) is 1. The molecule has 0 bridgehead atoms. The number of benzene rings is 1. The predicted octanol–water partition coefficient (Wildman–Crippen LogP) is 3.09. The van der Waals surface area contributed by atoms with Crippen LogP contribution < -0.4 is 15.4 Å². The SMILES string of the molecule is CCNC(=NCC(C)Oc1ccccc1F)NC1CCCC1. The smallest absolute Gasteiger partial charge is 0.191 e. The van der Waals surface area contributed by atoms with E-state index in [9.17, 15) is 4.39 Å². The van der Waals surface area contributed by atoms with Crippen LogP contribution in [0.1, 0.15) is 39.5 Å². The molecule has 0 heterocycles. The highest BCUT2D eigenvalue weighted by atomic mass is 19.1. The van der Waals surface area contributed by atoms with E-state index in [1.165, 1.54) is 31.7 Å². The van der Waals surface area contributed by atoms with Gasteiger partial charge in [0, 0.05) is 12.6 Å². The molecule has 1 saturated carbocycles. The van der Waals surface area contributed by atoms with Gasteiger partial charge in [-0.25, -0.2) is 9.38 Å². The Labute approximate surface area is 132 Å². The van der Waals surface area contributed by atoms with E-state index in [-0.39, 0.29) is 17.7 Å². The maximum atomic E-state index is 13.6. The third-order valence-corrected chi connectivity index (χ3v) is 3.71. The second kappa shape index (κ2) is 8.61. The van der Waals surface area contributed by atoms with E-state index in [1.807, 2.05) is 13.8 Å². The van der Waals surface area contributed by atoms with Crippen molar-refractivity contribution < 1.29 is 9.13 Å². The van der Waals surface area contributed by atoms with Crippen LogP contribution in [-0.2, 0) is 0 Å². The summed E-state index contributed by atoms with van der Waals surface area (Å²) < 4.78 is 19.2. The van der Waals surface area contributed by atoms with Gasteiger partial charge in [0.2, 0.25) is 0 Å². The minimum atomic E-state index is -0.339. The fraction of sp³-hybridized carbons (Fsp3) is 0.588. The lowest BCUT2D eigenvalue weighted by Crippen LogP contribution is -2.42. The van der Waals surface area contributed by atoms with Crippen LogP contribution >= 0.6 is 0 Å². The molecule has 122 valence electrons. The molecule has 1 atom stereocenters. The lowest BCUT2D eigenvalue weighted by Gasteiger charge is -2.18. The number of guanidine groups is 1. The summed E-state index contributed by atoms with van der Waals surface area (Å²) >= 11 is 0. The third-order valence-electron chi connectivity index (χ3n) is 3.71. The second-order valence-corrected chi connectivity index (χ2v) is 5.70. The van der Waals surface area contributed by atoms with Gasteiger partial charge >= 0.3 is 0 Å². The Kier molecular flexibility index (Phi) is 6.49. The fourth-order valence-electron chi connectivity index (χ4n) is 2.60. The maximum Gasteiger partial charge on any atom is 0.191 e. The van der Waals surface area contributed by atoms with Crippen molar-refractivity contribution in [3.05, 3.63) is 30.1 Å². The van der Waals surface area contributed by atoms with Crippen molar-refractivity contribution in [2.45, 2.75) is 51.7 Å². The molecule has 1 aromatic carbocycles. The molecule has 0 aliphatic heterocycles. The van der Waals surface area contributed by atoms with Crippen molar-refractivity contribution in [1.82, 2.24) is 10.6 Å². The molecule has 2 N–H and O–H groups in total. The van der Waals surface area contributed by atoms with Gasteiger partial charge in [0.25, 0.3) is 0 Å². The fourth-order valence-corrected chi connectivity index (χ4v) is 2.60. The zero-order valence-electron chi connectivity index (χ0n) is 13.4. The Bertz CT molecular complexity index is 487. The topological polar surface area (TPSA) is 45.7 Å². The molecule has 1 aromatic rings. The minimum Gasteiger partial charge on any atom is -0.486 e. The Balaban J connectivity index is 1.87. The van der Waals surface area contributed by atoms with Crippen LogP contribution in [0.4, 0.5) is 4.39 Å². The van der Waals surface area contributed by atoms with Crippen molar-refractivity contribution in [3.63, 3.8) is 0 Å². The molecule has 4 nitrogen and oxygen atoms in total. The zero-order valence-corrected chi connectivity index (χ0v) is 13.4. The summed E-state index contributed by atoms with van der Waals surface area (Å²) in [6, 6.07) is 6.97. The minimum absolute atomic E-state index is 0.184. The molecule has 0 spiro atoms. The van der Waals surface area contributed by atoms with E-state index in [0.717, 1.165) is 12.5 Å². The lowest BCUT2D eigenvalue weighted by molar-refractivity contribution is 0.220. The van der Waals surface area contributed by atoms with E-state index in [1.54, 1.807) is 18.2 Å². The summed E-state index contributed by atoms with van der Waals surface area (Å²) in [7, 11) is 0. The average molecular weight is 307 g/mol. The first-order valence-corrected chi connectivity index (χ1v) is 8.15. The normalized spacial score (nSPS) is 17.3. The second-order valence-electron chi connectivity index (χ2n) is 5.70. The largest absolute Gasteiger partial charge is 0.486 e. The van der Waals surface area contributed by atoms with Crippen LogP contribution in [0.3, 0.4) is 0 Å². The molecule has 0 saturated heterocycles. The van der Waals surface area contributed by atoms with Crippen molar-refractivity contribution in [2.75, 3.05) is 13.1 Å². The number of aliphatic imine (C=N–C) groups is 1. The average Bonchev–Trinajstić information content (AvgIpc) is 3.00. The van der Waals surface area contributed by atoms with Crippen LogP contribution in [0, 0.1) is 5.82 Å². The quantitative estimate of drug-likeness (QED) is 0.627. The van der Waals surface area contributed by atoms with E-state index >= 15 is 0 Å². The highest BCUT2D eigenvalue weighted by molar-refractivity contribution is 5.80. The number of hydrogen-bond acceptors (Lipinski definition) is 2. The van der Waals surface area contributed by atoms with Gasteiger partial charge in [-0.05, 0) is 38.8 Å². The summed E-state index contributed by atoms with van der Waals surface area (Å²) in [5, 5.41) is 6.71. The van der Waals surface area contributed by atoms with Gasteiger partial charge in [0.15, 0.2) is 17.5 Å². The zero-order chi connectivity index (χ0) is 15.8. The molecule has 2 rings (SSSR count). The molecule has 0 aromatic heterocycles. The summed E-state index contributed by atoms with van der Waals surface area (Å²) in [5.41, 5.74) is 0. The molecular formula is C17H26FN3O. The number of hydrogen-bond donors (Lipinski definition) is 2. The molecule has 0 amide bonds. The molecule has 1 aliphatic carbocycles. The Morgan fingerprint density at radius 1 is 1.36 bits per heavy atom. The molecule has 1 fully saturated rings. The van der Waals surface area contributed by atoms with Gasteiger partial charge in [-0.3, -0.25) is 0 Å². The standard InChI is InChI=1S/C17H26FN3O/c1-3-19-17(21-14-8-4-5-9-14)20-12-13(2)22-16-11-7-6-10-15(16)18/h6-7,10-11,13-14H,3-5,8-9,12H2,1-2H3,(H2,19,20,21).